The van der Waals surface area contributed by atoms with Crippen molar-refractivity contribution in [3.63, 3.8) is 0 Å². The summed E-state index contributed by atoms with van der Waals surface area (Å²) in [6, 6.07) is 21.2. The van der Waals surface area contributed by atoms with Gasteiger partial charge < -0.3 is 4.18 Å². The second-order valence-electron chi connectivity index (χ2n) is 8.87. The van der Waals surface area contributed by atoms with Crippen LogP contribution < -0.4 is 0 Å². The van der Waals surface area contributed by atoms with Crippen LogP contribution in [-0.4, -0.2) is 23.1 Å². The Morgan fingerprint density at radius 1 is 1.07 bits per heavy atom. The maximum atomic E-state index is 6.96. The van der Waals surface area contributed by atoms with Crippen molar-refractivity contribution in [2.75, 3.05) is 6.61 Å². The lowest BCUT2D eigenvalue weighted by Crippen LogP contribution is -2.42. The first-order chi connectivity index (χ1) is 13.8. The van der Waals surface area contributed by atoms with E-state index in [0.29, 0.717) is 6.61 Å². The Kier molecular flexibility index (Phi) is 6.90. The second-order valence-corrected chi connectivity index (χ2v) is 12.4. The Labute approximate surface area is 177 Å². The number of rotatable bonds is 7. The first-order valence-electron chi connectivity index (χ1n) is 10.3. The molecule has 0 aromatic heterocycles. The van der Waals surface area contributed by atoms with Gasteiger partial charge in [0.2, 0.25) is 0 Å². The number of benzene rings is 2. The zero-order valence-electron chi connectivity index (χ0n) is 18.1. The average Bonchev–Trinajstić information content (AvgIpc) is 2.71. The summed E-state index contributed by atoms with van der Waals surface area (Å²) in [4.78, 5) is 14.0. The van der Waals surface area contributed by atoms with Crippen LogP contribution >= 0.6 is 10.3 Å². The predicted octanol–water partition coefficient (Wildman–Crippen LogP) is 7.08. The van der Waals surface area contributed by atoms with Crippen LogP contribution in [-0.2, 0) is 14.0 Å². The highest BCUT2D eigenvalue weighted by Gasteiger charge is 2.44. The van der Waals surface area contributed by atoms with Gasteiger partial charge in [-0.15, -0.1) is 6.58 Å². The molecule has 2 unspecified atom stereocenters. The van der Waals surface area contributed by atoms with Crippen LogP contribution in [0.1, 0.15) is 47.0 Å². The molecule has 3 nitrogen and oxygen atoms in total. The summed E-state index contributed by atoms with van der Waals surface area (Å²) in [5.41, 5.74) is -0.468. The van der Waals surface area contributed by atoms with E-state index in [1.807, 2.05) is 6.08 Å². The Balaban J connectivity index is 1.93. The molecule has 0 radical (unpaired) electrons. The maximum absolute atomic E-state index is 6.96. The molecule has 29 heavy (non-hydrogen) atoms. The summed E-state index contributed by atoms with van der Waals surface area (Å²) in [5, 5.41) is 0. The smallest absolute Gasteiger partial charge is 0.125 e. The van der Waals surface area contributed by atoms with E-state index in [4.69, 9.17) is 14.0 Å². The van der Waals surface area contributed by atoms with Gasteiger partial charge in [0.1, 0.15) is 5.60 Å². The van der Waals surface area contributed by atoms with Crippen LogP contribution in [0.15, 0.2) is 83.1 Å². The van der Waals surface area contributed by atoms with Crippen molar-refractivity contribution >= 4 is 10.3 Å². The van der Waals surface area contributed by atoms with Gasteiger partial charge in [-0.05, 0) is 71.2 Å². The van der Waals surface area contributed by atoms with Crippen molar-refractivity contribution < 1.29 is 14.0 Å². The number of hydrogen-bond donors (Lipinski definition) is 0. The quantitative estimate of drug-likeness (QED) is 0.358. The molecule has 3 rings (SSSR count). The monoisotopic (exact) mass is 414 g/mol. The molecule has 1 aliphatic heterocycles. The van der Waals surface area contributed by atoms with E-state index < -0.39 is 15.9 Å². The predicted molar refractivity (Wildman–Crippen MR) is 121 cm³/mol. The standard InChI is InChI=1S/C25H34O3S/c1-6-13-21-18-19-25(5,28-27-21)20-26-29(24(2,3)4,22-14-9-7-10-15-22)23-16-11-8-12-17-23/h6-12,14-17,21H,1,13,18-20H2,2-5H3. The Bertz CT molecular complexity index is 735. The molecule has 1 heterocycles. The van der Waals surface area contributed by atoms with Gasteiger partial charge in [-0.2, -0.15) is 0 Å². The Morgan fingerprint density at radius 2 is 1.62 bits per heavy atom. The van der Waals surface area contributed by atoms with Gasteiger partial charge in [-0.25, -0.2) is 9.78 Å². The van der Waals surface area contributed by atoms with Crippen molar-refractivity contribution in [1.29, 1.82) is 0 Å². The van der Waals surface area contributed by atoms with Gasteiger partial charge in [0.25, 0.3) is 0 Å². The van der Waals surface area contributed by atoms with Crippen molar-refractivity contribution in [3.05, 3.63) is 73.3 Å². The zero-order valence-corrected chi connectivity index (χ0v) is 18.9. The fourth-order valence-electron chi connectivity index (χ4n) is 3.77. The van der Waals surface area contributed by atoms with Crippen LogP contribution in [0.2, 0.25) is 0 Å². The summed E-state index contributed by atoms with van der Waals surface area (Å²) >= 11 is 0. The second kappa shape index (κ2) is 9.05. The van der Waals surface area contributed by atoms with Crippen LogP contribution in [0.3, 0.4) is 0 Å². The minimum absolute atomic E-state index is 0.0866. The maximum Gasteiger partial charge on any atom is 0.125 e. The van der Waals surface area contributed by atoms with E-state index in [1.54, 1.807) is 0 Å². The molecule has 4 heteroatoms. The van der Waals surface area contributed by atoms with E-state index in [0.717, 1.165) is 19.3 Å². The molecule has 0 N–H and O–H groups in total. The Morgan fingerprint density at radius 3 is 2.03 bits per heavy atom. The lowest BCUT2D eigenvalue weighted by Gasteiger charge is -2.51. The van der Waals surface area contributed by atoms with E-state index in [1.165, 1.54) is 9.79 Å². The molecule has 0 aliphatic carbocycles. The van der Waals surface area contributed by atoms with Gasteiger partial charge in [-0.1, -0.05) is 52.8 Å². The van der Waals surface area contributed by atoms with Crippen molar-refractivity contribution in [2.45, 2.75) is 73.2 Å². The number of hydrogen-bond acceptors (Lipinski definition) is 3. The molecule has 158 valence electrons. The van der Waals surface area contributed by atoms with E-state index in [-0.39, 0.29) is 10.9 Å². The van der Waals surface area contributed by atoms with Crippen molar-refractivity contribution in [3.8, 4) is 0 Å². The molecular weight excluding hydrogens is 380 g/mol. The molecule has 2 atom stereocenters. The van der Waals surface area contributed by atoms with Gasteiger partial charge in [-0.3, -0.25) is 0 Å². The molecular formula is C25H34O3S. The minimum atomic E-state index is -1.78. The van der Waals surface area contributed by atoms with Gasteiger partial charge in [0.15, 0.2) is 0 Å². The summed E-state index contributed by atoms with van der Waals surface area (Å²) in [6.45, 7) is 13.2. The van der Waals surface area contributed by atoms with Crippen LogP contribution in [0.5, 0.6) is 0 Å². The third-order valence-corrected chi connectivity index (χ3v) is 9.43. The van der Waals surface area contributed by atoms with Crippen molar-refractivity contribution in [2.24, 2.45) is 0 Å². The highest BCUT2D eigenvalue weighted by atomic mass is 32.3. The first kappa shape index (κ1) is 22.1. The normalized spacial score (nSPS) is 23.5. The van der Waals surface area contributed by atoms with E-state index in [2.05, 4.69) is 94.9 Å². The Hall–Kier alpha value is -1.59. The van der Waals surface area contributed by atoms with E-state index >= 15 is 0 Å². The summed E-state index contributed by atoms with van der Waals surface area (Å²) in [6.07, 6.45) is 4.62. The molecule has 0 spiro atoms. The van der Waals surface area contributed by atoms with Crippen molar-refractivity contribution in [1.82, 2.24) is 0 Å². The SMILES string of the molecule is C=CCC1CCC(C)(COS(c2ccccc2)(c2ccccc2)C(C)(C)C)OO1. The van der Waals surface area contributed by atoms with Crippen LogP contribution in [0.4, 0.5) is 0 Å². The molecule has 2 aromatic carbocycles. The topological polar surface area (TPSA) is 27.7 Å². The molecule has 0 amide bonds. The summed E-state index contributed by atoms with van der Waals surface area (Å²) < 4.78 is 6.86. The first-order valence-corrected chi connectivity index (χ1v) is 11.9. The molecule has 1 saturated heterocycles. The summed E-state index contributed by atoms with van der Waals surface area (Å²) in [7, 11) is -1.78. The average molecular weight is 415 g/mol. The minimum Gasteiger partial charge on any atom is -0.324 e. The van der Waals surface area contributed by atoms with Crippen LogP contribution in [0, 0.1) is 0 Å². The fraction of sp³-hybridized carbons (Fsp3) is 0.440. The van der Waals surface area contributed by atoms with Gasteiger partial charge in [0, 0.05) is 14.5 Å². The fourth-order valence-corrected chi connectivity index (χ4v) is 7.59. The van der Waals surface area contributed by atoms with Gasteiger partial charge >= 0.3 is 0 Å². The molecule has 1 fully saturated rings. The molecule has 0 bridgehead atoms. The third-order valence-electron chi connectivity index (χ3n) is 5.36. The molecule has 2 aromatic rings. The third kappa shape index (κ3) is 4.77. The van der Waals surface area contributed by atoms with Crippen LogP contribution in [0.25, 0.3) is 0 Å². The lowest BCUT2D eigenvalue weighted by molar-refractivity contribution is -0.407. The van der Waals surface area contributed by atoms with Gasteiger partial charge in [0.05, 0.1) is 12.7 Å². The zero-order chi connectivity index (χ0) is 21.0. The highest BCUT2D eigenvalue weighted by Crippen LogP contribution is 2.71. The highest BCUT2D eigenvalue weighted by molar-refractivity contribution is 8.31. The van der Waals surface area contributed by atoms with E-state index in [9.17, 15) is 0 Å². The largest absolute Gasteiger partial charge is 0.324 e. The molecule has 1 aliphatic rings. The molecule has 0 saturated carbocycles. The lowest BCUT2D eigenvalue weighted by atomic mass is 9.97. The summed E-state index contributed by atoms with van der Waals surface area (Å²) in [5.74, 6) is 0.